The Kier molecular flexibility index (Phi) is 2.87. The second kappa shape index (κ2) is 4.20. The fraction of sp³-hybridized carbons (Fsp3) is 0.273. The van der Waals surface area contributed by atoms with Gasteiger partial charge >= 0.3 is 6.18 Å². The van der Waals surface area contributed by atoms with Crippen molar-refractivity contribution in [2.75, 3.05) is 0 Å². The molecule has 0 aromatic carbocycles. The summed E-state index contributed by atoms with van der Waals surface area (Å²) in [6.45, 7) is 0. The van der Waals surface area contributed by atoms with Gasteiger partial charge in [0.2, 0.25) is 0 Å². The SMILES string of the molecule is Cn1nccc1-c1cccc(CC(F)(F)F)n1. The summed E-state index contributed by atoms with van der Waals surface area (Å²) in [5.74, 6) is 0. The maximum Gasteiger partial charge on any atom is 0.394 e. The van der Waals surface area contributed by atoms with Crippen molar-refractivity contribution in [3.05, 3.63) is 36.2 Å². The molecule has 0 aliphatic rings. The molecule has 6 heteroatoms. The molecule has 0 unspecified atom stereocenters. The van der Waals surface area contributed by atoms with E-state index >= 15 is 0 Å². The maximum absolute atomic E-state index is 12.2. The van der Waals surface area contributed by atoms with Crippen molar-refractivity contribution in [2.24, 2.45) is 7.05 Å². The average Bonchev–Trinajstić information content (AvgIpc) is 2.62. The smallest absolute Gasteiger partial charge is 0.266 e. The molecule has 90 valence electrons. The first-order chi connectivity index (χ1) is 7.96. The summed E-state index contributed by atoms with van der Waals surface area (Å²) in [5.41, 5.74) is 1.19. The van der Waals surface area contributed by atoms with Crippen molar-refractivity contribution in [1.82, 2.24) is 14.8 Å². The van der Waals surface area contributed by atoms with Crippen molar-refractivity contribution < 1.29 is 13.2 Å². The third kappa shape index (κ3) is 2.83. The van der Waals surface area contributed by atoms with Gasteiger partial charge in [0, 0.05) is 13.2 Å². The third-order valence-corrected chi connectivity index (χ3v) is 2.27. The normalized spacial score (nSPS) is 11.8. The van der Waals surface area contributed by atoms with E-state index in [1.165, 1.54) is 6.07 Å². The van der Waals surface area contributed by atoms with Crippen LogP contribution in [0.25, 0.3) is 11.4 Å². The molecule has 0 aliphatic heterocycles. The lowest BCUT2D eigenvalue weighted by Gasteiger charge is -2.07. The minimum absolute atomic E-state index is 0.0104. The Balaban J connectivity index is 2.32. The van der Waals surface area contributed by atoms with Gasteiger partial charge in [0.05, 0.1) is 23.5 Å². The zero-order valence-corrected chi connectivity index (χ0v) is 9.07. The number of pyridine rings is 1. The van der Waals surface area contributed by atoms with Gasteiger partial charge in [0.1, 0.15) is 0 Å². The van der Waals surface area contributed by atoms with E-state index in [0.29, 0.717) is 11.4 Å². The molecule has 0 saturated carbocycles. The van der Waals surface area contributed by atoms with Crippen LogP contribution in [0.2, 0.25) is 0 Å². The fourth-order valence-electron chi connectivity index (χ4n) is 1.55. The number of aryl methyl sites for hydroxylation is 1. The molecule has 0 atom stereocenters. The van der Waals surface area contributed by atoms with Gasteiger partial charge in [-0.25, -0.2) is 0 Å². The third-order valence-electron chi connectivity index (χ3n) is 2.27. The van der Waals surface area contributed by atoms with Crippen molar-refractivity contribution in [2.45, 2.75) is 12.6 Å². The second-order valence-corrected chi connectivity index (χ2v) is 3.65. The first-order valence-corrected chi connectivity index (χ1v) is 4.97. The van der Waals surface area contributed by atoms with Crippen LogP contribution in [-0.2, 0) is 13.5 Å². The van der Waals surface area contributed by atoms with Gasteiger partial charge in [-0.15, -0.1) is 0 Å². The van der Waals surface area contributed by atoms with E-state index in [1.807, 2.05) is 0 Å². The Bertz CT molecular complexity index is 517. The Morgan fingerprint density at radius 2 is 2.00 bits per heavy atom. The summed E-state index contributed by atoms with van der Waals surface area (Å²) in [5, 5.41) is 3.95. The van der Waals surface area contributed by atoms with Crippen LogP contribution in [0, 0.1) is 0 Å². The van der Waals surface area contributed by atoms with Crippen molar-refractivity contribution in [3.8, 4) is 11.4 Å². The Morgan fingerprint density at radius 1 is 1.24 bits per heavy atom. The van der Waals surface area contributed by atoms with Crippen LogP contribution in [0.1, 0.15) is 5.69 Å². The monoisotopic (exact) mass is 241 g/mol. The van der Waals surface area contributed by atoms with E-state index in [9.17, 15) is 13.2 Å². The predicted octanol–water partition coefficient (Wildman–Crippen LogP) is 2.59. The quantitative estimate of drug-likeness (QED) is 0.809. The lowest BCUT2D eigenvalue weighted by molar-refractivity contribution is -0.127. The van der Waals surface area contributed by atoms with Crippen LogP contribution in [-0.4, -0.2) is 20.9 Å². The number of hydrogen-bond acceptors (Lipinski definition) is 2. The van der Waals surface area contributed by atoms with E-state index < -0.39 is 12.6 Å². The molecule has 0 bridgehead atoms. The van der Waals surface area contributed by atoms with E-state index in [-0.39, 0.29) is 5.69 Å². The standard InChI is InChI=1S/C11H10F3N3/c1-17-10(5-6-15-17)9-4-2-3-8(16-9)7-11(12,13)14/h2-6H,7H2,1H3. The Morgan fingerprint density at radius 3 is 2.59 bits per heavy atom. The zero-order valence-electron chi connectivity index (χ0n) is 9.07. The highest BCUT2D eigenvalue weighted by Gasteiger charge is 2.28. The highest BCUT2D eigenvalue weighted by molar-refractivity contribution is 5.54. The molecule has 2 rings (SSSR count). The van der Waals surface area contributed by atoms with Gasteiger partial charge in [-0.1, -0.05) is 6.07 Å². The number of aromatic nitrogens is 3. The molecule has 0 N–H and O–H groups in total. The Labute approximate surface area is 95.9 Å². The van der Waals surface area contributed by atoms with Gasteiger partial charge < -0.3 is 0 Å². The second-order valence-electron chi connectivity index (χ2n) is 3.65. The van der Waals surface area contributed by atoms with Crippen LogP contribution in [0.5, 0.6) is 0 Å². The van der Waals surface area contributed by atoms with Crippen molar-refractivity contribution >= 4 is 0 Å². The van der Waals surface area contributed by atoms with Crippen molar-refractivity contribution in [1.29, 1.82) is 0 Å². The molecule has 2 heterocycles. The van der Waals surface area contributed by atoms with E-state index in [1.54, 1.807) is 36.1 Å². The van der Waals surface area contributed by atoms with Crippen LogP contribution in [0.15, 0.2) is 30.5 Å². The van der Waals surface area contributed by atoms with E-state index in [0.717, 1.165) is 0 Å². The number of rotatable bonds is 2. The lowest BCUT2D eigenvalue weighted by Crippen LogP contribution is -2.13. The predicted molar refractivity (Wildman–Crippen MR) is 56.2 cm³/mol. The van der Waals surface area contributed by atoms with Gasteiger partial charge in [-0.3, -0.25) is 9.67 Å². The highest BCUT2D eigenvalue weighted by Crippen LogP contribution is 2.22. The van der Waals surface area contributed by atoms with Crippen molar-refractivity contribution in [3.63, 3.8) is 0 Å². The molecule has 0 saturated heterocycles. The molecule has 0 aliphatic carbocycles. The molecule has 0 amide bonds. The first kappa shape index (κ1) is 11.6. The van der Waals surface area contributed by atoms with Gasteiger partial charge in [0.25, 0.3) is 0 Å². The highest BCUT2D eigenvalue weighted by atomic mass is 19.4. The zero-order chi connectivity index (χ0) is 12.5. The molecular weight excluding hydrogens is 231 g/mol. The summed E-state index contributed by atoms with van der Waals surface area (Å²) in [7, 11) is 1.72. The topological polar surface area (TPSA) is 30.7 Å². The molecule has 0 radical (unpaired) electrons. The van der Waals surface area contributed by atoms with Gasteiger partial charge in [-0.05, 0) is 18.2 Å². The first-order valence-electron chi connectivity index (χ1n) is 4.97. The summed E-state index contributed by atoms with van der Waals surface area (Å²) >= 11 is 0. The summed E-state index contributed by atoms with van der Waals surface area (Å²) < 4.78 is 38.3. The molecule has 17 heavy (non-hydrogen) atoms. The van der Waals surface area contributed by atoms with E-state index in [4.69, 9.17) is 0 Å². The van der Waals surface area contributed by atoms with Crippen LogP contribution < -0.4 is 0 Å². The lowest BCUT2D eigenvalue weighted by atomic mass is 10.2. The average molecular weight is 241 g/mol. The number of halogens is 3. The Hall–Kier alpha value is -1.85. The number of nitrogens with zero attached hydrogens (tertiary/aromatic N) is 3. The molecule has 0 spiro atoms. The van der Waals surface area contributed by atoms with Crippen LogP contribution in [0.4, 0.5) is 13.2 Å². The summed E-state index contributed by atoms with van der Waals surface area (Å²) in [6, 6.07) is 6.31. The van der Waals surface area contributed by atoms with Crippen LogP contribution >= 0.6 is 0 Å². The maximum atomic E-state index is 12.2. The minimum Gasteiger partial charge on any atom is -0.266 e. The van der Waals surface area contributed by atoms with Gasteiger partial charge in [-0.2, -0.15) is 18.3 Å². The molecule has 0 fully saturated rings. The molecular formula is C11H10F3N3. The number of hydrogen-bond donors (Lipinski definition) is 0. The summed E-state index contributed by atoms with van der Waals surface area (Å²) in [4.78, 5) is 3.98. The molecule has 2 aromatic rings. The fourth-order valence-corrected chi connectivity index (χ4v) is 1.55. The molecule has 2 aromatic heterocycles. The largest absolute Gasteiger partial charge is 0.394 e. The summed E-state index contributed by atoms with van der Waals surface area (Å²) in [6.07, 6.45) is -3.68. The number of alkyl halides is 3. The molecule has 3 nitrogen and oxygen atoms in total. The van der Waals surface area contributed by atoms with Gasteiger partial charge in [0.15, 0.2) is 0 Å². The minimum atomic E-state index is -4.24. The van der Waals surface area contributed by atoms with E-state index in [2.05, 4.69) is 10.1 Å². The van der Waals surface area contributed by atoms with Crippen LogP contribution in [0.3, 0.4) is 0 Å².